The second-order valence-electron chi connectivity index (χ2n) is 7.55. The number of hydrogen-bond acceptors (Lipinski definition) is 4. The molecule has 2 aliphatic rings. The lowest BCUT2D eigenvalue weighted by Gasteiger charge is -2.35. The molecule has 1 saturated carbocycles. The highest BCUT2D eigenvalue weighted by atomic mass is 16.3. The van der Waals surface area contributed by atoms with E-state index in [4.69, 9.17) is 0 Å². The standard InChI is InChI=1S/C19H30N4O2/c1-22-9-11-23(12-10-22)13-17(16-5-3-2-4-6-16)21-18(25)20-14-19(15-24)7-8-19/h2-6,17,24H,7-15H2,1H3,(H2,20,21,25). The van der Waals surface area contributed by atoms with Crippen molar-refractivity contribution in [2.75, 3.05) is 52.9 Å². The number of likely N-dealkylation sites (N-methyl/N-ethyl adjacent to an activating group) is 1. The van der Waals surface area contributed by atoms with Crippen LogP contribution in [-0.2, 0) is 0 Å². The molecule has 138 valence electrons. The topological polar surface area (TPSA) is 67.8 Å². The maximum Gasteiger partial charge on any atom is 0.315 e. The largest absolute Gasteiger partial charge is 0.396 e. The van der Waals surface area contributed by atoms with Gasteiger partial charge in [0, 0.05) is 44.7 Å². The zero-order valence-electron chi connectivity index (χ0n) is 15.1. The average Bonchev–Trinajstić information content (AvgIpc) is 3.43. The highest BCUT2D eigenvalue weighted by Gasteiger charge is 2.42. The van der Waals surface area contributed by atoms with E-state index in [2.05, 4.69) is 39.6 Å². The van der Waals surface area contributed by atoms with Crippen LogP contribution in [0.1, 0.15) is 24.4 Å². The number of amides is 2. The molecule has 6 nitrogen and oxygen atoms in total. The van der Waals surface area contributed by atoms with Gasteiger partial charge < -0.3 is 20.6 Å². The van der Waals surface area contributed by atoms with Gasteiger partial charge in [0.2, 0.25) is 0 Å². The third-order valence-corrected chi connectivity index (χ3v) is 5.46. The van der Waals surface area contributed by atoms with Gasteiger partial charge in [-0.15, -0.1) is 0 Å². The predicted molar refractivity (Wildman–Crippen MR) is 98.4 cm³/mol. The smallest absolute Gasteiger partial charge is 0.315 e. The van der Waals surface area contributed by atoms with Crippen LogP contribution >= 0.6 is 0 Å². The third-order valence-electron chi connectivity index (χ3n) is 5.46. The molecule has 1 atom stereocenters. The van der Waals surface area contributed by atoms with E-state index in [0.29, 0.717) is 6.54 Å². The molecule has 3 N–H and O–H groups in total. The van der Waals surface area contributed by atoms with Crippen molar-refractivity contribution in [3.8, 4) is 0 Å². The summed E-state index contributed by atoms with van der Waals surface area (Å²) in [6.07, 6.45) is 1.99. The van der Waals surface area contributed by atoms with E-state index in [-0.39, 0.29) is 24.1 Å². The van der Waals surface area contributed by atoms with Crippen LogP contribution in [-0.4, -0.2) is 73.9 Å². The minimum atomic E-state index is -0.150. The lowest BCUT2D eigenvalue weighted by atomic mass is 10.1. The van der Waals surface area contributed by atoms with Gasteiger partial charge >= 0.3 is 6.03 Å². The Morgan fingerprint density at radius 1 is 1.20 bits per heavy atom. The first-order valence-electron chi connectivity index (χ1n) is 9.21. The number of rotatable bonds is 7. The zero-order chi connectivity index (χ0) is 17.7. The van der Waals surface area contributed by atoms with Gasteiger partial charge in [-0.2, -0.15) is 0 Å². The van der Waals surface area contributed by atoms with Crippen molar-refractivity contribution in [1.29, 1.82) is 0 Å². The zero-order valence-corrected chi connectivity index (χ0v) is 15.1. The van der Waals surface area contributed by atoms with E-state index >= 15 is 0 Å². The lowest BCUT2D eigenvalue weighted by Crippen LogP contribution is -2.49. The van der Waals surface area contributed by atoms with Crippen LogP contribution in [0.25, 0.3) is 0 Å². The highest BCUT2D eigenvalue weighted by molar-refractivity contribution is 5.74. The van der Waals surface area contributed by atoms with Gasteiger partial charge in [-0.25, -0.2) is 4.79 Å². The van der Waals surface area contributed by atoms with Gasteiger partial charge in [0.05, 0.1) is 12.6 Å². The molecule has 1 aliphatic heterocycles. The first-order valence-corrected chi connectivity index (χ1v) is 9.21. The van der Waals surface area contributed by atoms with E-state index in [1.807, 2.05) is 18.2 Å². The minimum absolute atomic E-state index is 0.0334. The molecule has 1 saturated heterocycles. The SMILES string of the molecule is CN1CCN(CC(NC(=O)NCC2(CO)CC2)c2ccccc2)CC1. The van der Waals surface area contributed by atoms with Crippen molar-refractivity contribution < 1.29 is 9.90 Å². The van der Waals surface area contributed by atoms with Crippen LogP contribution in [0.3, 0.4) is 0 Å². The first kappa shape index (κ1) is 18.2. The lowest BCUT2D eigenvalue weighted by molar-refractivity contribution is 0.142. The Bertz CT molecular complexity index is 554. The Balaban J connectivity index is 1.57. The summed E-state index contributed by atoms with van der Waals surface area (Å²) in [4.78, 5) is 17.1. The predicted octanol–water partition coefficient (Wildman–Crippen LogP) is 1.05. The normalized spacial score (nSPS) is 21.5. The van der Waals surface area contributed by atoms with Gasteiger partial charge in [0.25, 0.3) is 0 Å². The molecule has 0 aromatic heterocycles. The van der Waals surface area contributed by atoms with E-state index in [9.17, 15) is 9.90 Å². The van der Waals surface area contributed by atoms with Crippen LogP contribution in [0.2, 0.25) is 0 Å². The van der Waals surface area contributed by atoms with Crippen molar-refractivity contribution >= 4 is 6.03 Å². The summed E-state index contributed by atoms with van der Waals surface area (Å²) < 4.78 is 0. The Morgan fingerprint density at radius 2 is 1.88 bits per heavy atom. The summed E-state index contributed by atoms with van der Waals surface area (Å²) in [5.41, 5.74) is 1.05. The molecule has 0 bridgehead atoms. The first-order chi connectivity index (χ1) is 12.1. The molecule has 0 radical (unpaired) electrons. The van der Waals surface area contributed by atoms with E-state index < -0.39 is 0 Å². The average molecular weight is 346 g/mol. The summed E-state index contributed by atoms with van der Waals surface area (Å²) in [5, 5.41) is 15.5. The van der Waals surface area contributed by atoms with Gasteiger partial charge in [-0.05, 0) is 25.5 Å². The van der Waals surface area contributed by atoms with Gasteiger partial charge in [0.1, 0.15) is 0 Å². The number of carbonyl (C=O) groups is 1. The molecule has 1 aromatic carbocycles. The second-order valence-corrected chi connectivity index (χ2v) is 7.55. The van der Waals surface area contributed by atoms with Crippen LogP contribution < -0.4 is 10.6 Å². The number of nitrogens with one attached hydrogen (secondary N) is 2. The summed E-state index contributed by atoms with van der Waals surface area (Å²) in [6.45, 7) is 5.69. The van der Waals surface area contributed by atoms with Crippen LogP contribution in [0.15, 0.2) is 30.3 Å². The fraction of sp³-hybridized carbons (Fsp3) is 0.632. The van der Waals surface area contributed by atoms with Crippen molar-refractivity contribution in [2.24, 2.45) is 5.41 Å². The van der Waals surface area contributed by atoms with Gasteiger partial charge in [-0.1, -0.05) is 30.3 Å². The molecule has 1 unspecified atom stereocenters. The van der Waals surface area contributed by atoms with Crippen molar-refractivity contribution in [2.45, 2.75) is 18.9 Å². The fourth-order valence-electron chi connectivity index (χ4n) is 3.25. The molecule has 1 heterocycles. The van der Waals surface area contributed by atoms with Crippen LogP contribution in [0.4, 0.5) is 4.79 Å². The van der Waals surface area contributed by atoms with Crippen LogP contribution in [0, 0.1) is 5.41 Å². The molecule has 25 heavy (non-hydrogen) atoms. The fourth-order valence-corrected chi connectivity index (χ4v) is 3.25. The number of piperazine rings is 1. The second kappa shape index (κ2) is 8.17. The number of carbonyl (C=O) groups excluding carboxylic acids is 1. The van der Waals surface area contributed by atoms with Gasteiger partial charge in [0.15, 0.2) is 0 Å². The van der Waals surface area contributed by atoms with Crippen LogP contribution in [0.5, 0.6) is 0 Å². The molecular weight excluding hydrogens is 316 g/mol. The molecule has 2 amide bonds. The summed E-state index contributed by atoms with van der Waals surface area (Å²) in [7, 11) is 2.15. The summed E-state index contributed by atoms with van der Waals surface area (Å²) >= 11 is 0. The molecule has 0 spiro atoms. The van der Waals surface area contributed by atoms with E-state index in [1.165, 1.54) is 0 Å². The van der Waals surface area contributed by atoms with E-state index in [0.717, 1.165) is 51.1 Å². The number of urea groups is 1. The quantitative estimate of drug-likeness (QED) is 0.690. The van der Waals surface area contributed by atoms with Crippen molar-refractivity contribution in [3.63, 3.8) is 0 Å². The number of hydrogen-bond donors (Lipinski definition) is 3. The highest BCUT2D eigenvalue weighted by Crippen LogP contribution is 2.44. The molecule has 1 aromatic rings. The number of nitrogens with zero attached hydrogens (tertiary/aromatic N) is 2. The summed E-state index contributed by atoms with van der Waals surface area (Å²) in [5.74, 6) is 0. The molecule has 3 rings (SSSR count). The van der Waals surface area contributed by atoms with Gasteiger partial charge in [-0.3, -0.25) is 4.90 Å². The number of aliphatic hydroxyl groups excluding tert-OH is 1. The Kier molecular flexibility index (Phi) is 5.93. The number of benzene rings is 1. The summed E-state index contributed by atoms with van der Waals surface area (Å²) in [6, 6.07) is 9.97. The Labute approximate surface area is 150 Å². The Morgan fingerprint density at radius 3 is 2.48 bits per heavy atom. The maximum absolute atomic E-state index is 12.4. The monoisotopic (exact) mass is 346 g/mol. The maximum atomic E-state index is 12.4. The molecule has 1 aliphatic carbocycles. The third kappa shape index (κ3) is 5.17. The molecular formula is C19H30N4O2. The van der Waals surface area contributed by atoms with Crippen molar-refractivity contribution in [3.05, 3.63) is 35.9 Å². The number of aliphatic hydroxyl groups is 1. The van der Waals surface area contributed by atoms with E-state index in [1.54, 1.807) is 0 Å². The minimum Gasteiger partial charge on any atom is -0.396 e. The Hall–Kier alpha value is -1.63. The van der Waals surface area contributed by atoms with Crippen molar-refractivity contribution in [1.82, 2.24) is 20.4 Å². The molecule has 6 heteroatoms. The molecule has 2 fully saturated rings.